The van der Waals surface area contributed by atoms with Crippen molar-refractivity contribution in [1.29, 1.82) is 0 Å². The third kappa shape index (κ3) is 4.71. The SMILES string of the molecule is Cn1nc(C2CCC(=O)NC2=O)c2ccc(NC3CCN(C(=O)OC(C)(C)C)CC3)cc21. The van der Waals surface area contributed by atoms with Gasteiger partial charge in [0.05, 0.1) is 17.1 Å². The number of imide groups is 1. The van der Waals surface area contributed by atoms with Crippen LogP contribution in [0.5, 0.6) is 0 Å². The molecule has 2 N–H and O–H groups in total. The van der Waals surface area contributed by atoms with Crippen LogP contribution in [0.15, 0.2) is 18.2 Å². The van der Waals surface area contributed by atoms with E-state index in [2.05, 4.69) is 15.7 Å². The average molecular weight is 442 g/mol. The molecule has 32 heavy (non-hydrogen) atoms. The van der Waals surface area contributed by atoms with Crippen molar-refractivity contribution < 1.29 is 19.1 Å². The Morgan fingerprint density at radius 3 is 2.56 bits per heavy atom. The standard InChI is InChI=1S/C23H31N5O4/c1-23(2,3)32-22(31)28-11-9-14(10-12-28)24-15-5-6-16-18(13-15)27(4)26-20(16)17-7-8-19(29)25-21(17)30/h5-6,13-14,17,24H,7-12H2,1-4H3,(H,25,29,30). The molecule has 0 saturated carbocycles. The van der Waals surface area contributed by atoms with E-state index in [9.17, 15) is 14.4 Å². The zero-order valence-corrected chi connectivity index (χ0v) is 19.1. The minimum Gasteiger partial charge on any atom is -0.444 e. The second-order valence-electron chi connectivity index (χ2n) is 9.63. The Kier molecular flexibility index (Phi) is 5.83. The van der Waals surface area contributed by atoms with Gasteiger partial charge in [0.25, 0.3) is 0 Å². The Morgan fingerprint density at radius 2 is 1.91 bits per heavy atom. The van der Waals surface area contributed by atoms with Crippen LogP contribution in [0.3, 0.4) is 0 Å². The van der Waals surface area contributed by atoms with Crippen LogP contribution < -0.4 is 10.6 Å². The summed E-state index contributed by atoms with van der Waals surface area (Å²) in [6, 6.07) is 6.28. The Balaban J connectivity index is 1.42. The molecule has 1 unspecified atom stereocenters. The predicted octanol–water partition coefficient (Wildman–Crippen LogP) is 2.90. The van der Waals surface area contributed by atoms with Crippen molar-refractivity contribution in [3.63, 3.8) is 0 Å². The van der Waals surface area contributed by atoms with Gasteiger partial charge in [-0.15, -0.1) is 0 Å². The van der Waals surface area contributed by atoms with E-state index in [-0.39, 0.29) is 23.9 Å². The first-order valence-corrected chi connectivity index (χ1v) is 11.2. The molecule has 9 heteroatoms. The van der Waals surface area contributed by atoms with Crippen LogP contribution in [-0.4, -0.2) is 57.3 Å². The number of benzene rings is 1. The first kappa shape index (κ1) is 22.1. The molecule has 1 atom stereocenters. The van der Waals surface area contributed by atoms with Gasteiger partial charge in [0.1, 0.15) is 5.60 Å². The number of hydrogen-bond acceptors (Lipinski definition) is 6. The molecule has 2 aliphatic rings. The second kappa shape index (κ2) is 8.44. The Labute approximate surface area is 187 Å². The highest BCUT2D eigenvalue weighted by molar-refractivity contribution is 6.02. The lowest BCUT2D eigenvalue weighted by Crippen LogP contribution is -2.44. The summed E-state index contributed by atoms with van der Waals surface area (Å²) in [5.74, 6) is -0.914. The third-order valence-corrected chi connectivity index (χ3v) is 5.97. The quantitative estimate of drug-likeness (QED) is 0.710. The Bertz CT molecular complexity index is 1050. The van der Waals surface area contributed by atoms with Gasteiger partial charge in [-0.1, -0.05) is 0 Å². The summed E-state index contributed by atoms with van der Waals surface area (Å²) in [4.78, 5) is 37.8. The molecule has 3 heterocycles. The van der Waals surface area contributed by atoms with Crippen molar-refractivity contribution in [2.24, 2.45) is 7.05 Å². The fraction of sp³-hybridized carbons (Fsp3) is 0.565. The normalized spacial score (nSPS) is 20.4. The zero-order valence-electron chi connectivity index (χ0n) is 19.1. The smallest absolute Gasteiger partial charge is 0.410 e. The van der Waals surface area contributed by atoms with Gasteiger partial charge in [0.15, 0.2) is 0 Å². The lowest BCUT2D eigenvalue weighted by molar-refractivity contribution is -0.134. The number of ether oxygens (including phenoxy) is 1. The van der Waals surface area contributed by atoms with Crippen molar-refractivity contribution in [3.8, 4) is 0 Å². The number of hydrogen-bond donors (Lipinski definition) is 2. The highest BCUT2D eigenvalue weighted by Gasteiger charge is 2.32. The first-order valence-electron chi connectivity index (χ1n) is 11.2. The molecule has 9 nitrogen and oxygen atoms in total. The Hall–Kier alpha value is -3.10. The van der Waals surface area contributed by atoms with Gasteiger partial charge >= 0.3 is 6.09 Å². The van der Waals surface area contributed by atoms with E-state index in [1.54, 1.807) is 9.58 Å². The number of nitrogens with one attached hydrogen (secondary N) is 2. The van der Waals surface area contributed by atoms with E-state index >= 15 is 0 Å². The molecular formula is C23H31N5O4. The number of piperidine rings is 2. The van der Waals surface area contributed by atoms with E-state index < -0.39 is 11.5 Å². The number of rotatable bonds is 3. The lowest BCUT2D eigenvalue weighted by Gasteiger charge is -2.34. The van der Waals surface area contributed by atoms with E-state index in [0.717, 1.165) is 29.4 Å². The largest absolute Gasteiger partial charge is 0.444 e. The number of anilines is 1. The van der Waals surface area contributed by atoms with Crippen LogP contribution in [-0.2, 0) is 21.4 Å². The van der Waals surface area contributed by atoms with Gasteiger partial charge in [-0.05, 0) is 58.2 Å². The van der Waals surface area contributed by atoms with E-state index in [0.29, 0.717) is 31.6 Å². The van der Waals surface area contributed by atoms with E-state index in [1.165, 1.54) is 0 Å². The fourth-order valence-electron chi connectivity index (χ4n) is 4.36. The maximum absolute atomic E-state index is 12.3. The van der Waals surface area contributed by atoms with Gasteiger partial charge in [0.2, 0.25) is 11.8 Å². The van der Waals surface area contributed by atoms with Crippen LogP contribution in [0.2, 0.25) is 0 Å². The molecule has 0 spiro atoms. The van der Waals surface area contributed by atoms with Gasteiger partial charge in [-0.25, -0.2) is 4.79 Å². The minimum absolute atomic E-state index is 0.226. The highest BCUT2D eigenvalue weighted by atomic mass is 16.6. The first-order chi connectivity index (χ1) is 15.1. The maximum atomic E-state index is 12.3. The summed E-state index contributed by atoms with van der Waals surface area (Å²) in [5.41, 5.74) is 2.13. The molecule has 2 fully saturated rings. The fourth-order valence-corrected chi connectivity index (χ4v) is 4.36. The zero-order chi connectivity index (χ0) is 23.0. The summed E-state index contributed by atoms with van der Waals surface area (Å²) in [5, 5.41) is 11.5. The predicted molar refractivity (Wildman–Crippen MR) is 120 cm³/mol. The number of likely N-dealkylation sites (tertiary alicyclic amines) is 1. The molecule has 4 rings (SSSR count). The number of aromatic nitrogens is 2. The monoisotopic (exact) mass is 441 g/mol. The van der Waals surface area contributed by atoms with Gasteiger partial charge in [0, 0.05) is 43.7 Å². The third-order valence-electron chi connectivity index (χ3n) is 5.97. The molecule has 172 valence electrons. The van der Waals surface area contributed by atoms with Crippen LogP contribution in [0, 0.1) is 0 Å². The minimum atomic E-state index is -0.489. The molecule has 1 aromatic heterocycles. The van der Waals surface area contributed by atoms with Gasteiger partial charge < -0.3 is 15.0 Å². The highest BCUT2D eigenvalue weighted by Crippen LogP contribution is 2.32. The maximum Gasteiger partial charge on any atom is 0.410 e. The van der Waals surface area contributed by atoms with Crippen molar-refractivity contribution in [1.82, 2.24) is 20.0 Å². The number of amides is 3. The van der Waals surface area contributed by atoms with Gasteiger partial charge in [-0.2, -0.15) is 5.10 Å². The summed E-state index contributed by atoms with van der Waals surface area (Å²) in [6.45, 7) is 6.93. The van der Waals surface area contributed by atoms with Crippen molar-refractivity contribution >= 4 is 34.5 Å². The summed E-state index contributed by atoms with van der Waals surface area (Å²) in [7, 11) is 1.86. The number of nitrogens with zero attached hydrogens (tertiary/aromatic N) is 3. The topological polar surface area (TPSA) is 106 Å². The summed E-state index contributed by atoms with van der Waals surface area (Å²) >= 11 is 0. The number of carbonyl (C=O) groups excluding carboxylic acids is 3. The molecule has 2 aromatic rings. The van der Waals surface area contributed by atoms with E-state index in [1.807, 2.05) is 46.0 Å². The molecule has 3 amide bonds. The molecule has 2 saturated heterocycles. The number of carbonyl (C=O) groups is 3. The van der Waals surface area contributed by atoms with Crippen LogP contribution >= 0.6 is 0 Å². The van der Waals surface area contributed by atoms with Crippen LogP contribution in [0.1, 0.15) is 58.1 Å². The van der Waals surface area contributed by atoms with E-state index in [4.69, 9.17) is 4.74 Å². The van der Waals surface area contributed by atoms with Crippen LogP contribution in [0.4, 0.5) is 10.5 Å². The second-order valence-corrected chi connectivity index (χ2v) is 9.63. The van der Waals surface area contributed by atoms with Crippen molar-refractivity contribution in [2.45, 2.75) is 64.0 Å². The lowest BCUT2D eigenvalue weighted by atomic mass is 9.93. The molecular weight excluding hydrogens is 410 g/mol. The number of fused-ring (bicyclic) bond motifs is 1. The van der Waals surface area contributed by atoms with Crippen molar-refractivity contribution in [2.75, 3.05) is 18.4 Å². The Morgan fingerprint density at radius 1 is 1.19 bits per heavy atom. The summed E-state index contributed by atoms with van der Waals surface area (Å²) < 4.78 is 7.25. The molecule has 0 radical (unpaired) electrons. The van der Waals surface area contributed by atoms with Crippen molar-refractivity contribution in [3.05, 3.63) is 23.9 Å². The van der Waals surface area contributed by atoms with Gasteiger partial charge in [-0.3, -0.25) is 19.6 Å². The molecule has 0 bridgehead atoms. The molecule has 0 aliphatic carbocycles. The number of aryl methyl sites for hydroxylation is 1. The average Bonchev–Trinajstić information content (AvgIpc) is 3.03. The molecule has 2 aliphatic heterocycles. The summed E-state index contributed by atoms with van der Waals surface area (Å²) in [6.07, 6.45) is 2.23. The molecule has 1 aromatic carbocycles. The van der Waals surface area contributed by atoms with Crippen LogP contribution in [0.25, 0.3) is 10.9 Å².